The van der Waals surface area contributed by atoms with Crippen LogP contribution in [0.25, 0.3) is 0 Å². The van der Waals surface area contributed by atoms with Crippen molar-refractivity contribution in [3.8, 4) is 0 Å². The van der Waals surface area contributed by atoms with Crippen LogP contribution in [0.4, 0.5) is 13.2 Å². The van der Waals surface area contributed by atoms with Crippen LogP contribution in [-0.4, -0.2) is 73.6 Å². The minimum atomic E-state index is -5.21. The molecule has 0 radical (unpaired) electrons. The van der Waals surface area contributed by atoms with Crippen LogP contribution in [0.15, 0.2) is 0 Å². The summed E-state index contributed by atoms with van der Waals surface area (Å²) in [5, 5.41) is 0. The quantitative estimate of drug-likeness (QED) is 0.485. The number of carbonyl (C=O) groups excluding carboxylic acids is 2. The zero-order valence-electron chi connectivity index (χ0n) is 15.8. The minimum absolute atomic E-state index is 0.270. The molecule has 0 N–H and O–H groups in total. The lowest BCUT2D eigenvalue weighted by molar-refractivity contribution is -0.328. The predicted octanol–water partition coefficient (Wildman–Crippen LogP) is 1.03. The Labute approximate surface area is 158 Å². The van der Waals surface area contributed by atoms with Crippen LogP contribution in [0.1, 0.15) is 27.7 Å². The molecule has 0 unspecified atom stereocenters. The maximum atomic E-state index is 14.4. The van der Waals surface area contributed by atoms with Crippen LogP contribution in [-0.2, 0) is 42.7 Å². The van der Waals surface area contributed by atoms with Crippen molar-refractivity contribution in [3.63, 3.8) is 0 Å². The molecule has 3 aliphatic heterocycles. The Morgan fingerprint density at radius 3 is 2.11 bits per heavy atom. The molecule has 9 nitrogen and oxygen atoms in total. The molecule has 28 heavy (non-hydrogen) atoms. The van der Waals surface area contributed by atoms with Gasteiger partial charge in [0, 0.05) is 0 Å². The first-order chi connectivity index (χ1) is 12.7. The summed E-state index contributed by atoms with van der Waals surface area (Å²) < 4.78 is 79.1. The van der Waals surface area contributed by atoms with E-state index in [9.17, 15) is 22.8 Å². The molecular weight excluding hydrogens is 393 g/mol. The van der Waals surface area contributed by atoms with Gasteiger partial charge < -0.3 is 33.2 Å². The molecule has 0 amide bonds. The number of ether oxygens (including phenoxy) is 7. The van der Waals surface area contributed by atoms with E-state index in [2.05, 4.69) is 4.74 Å². The average Bonchev–Trinajstić information content (AvgIpc) is 3.15. The van der Waals surface area contributed by atoms with Crippen molar-refractivity contribution in [1.82, 2.24) is 0 Å². The first kappa shape index (κ1) is 21.2. The third kappa shape index (κ3) is 3.36. The van der Waals surface area contributed by atoms with E-state index in [4.69, 9.17) is 28.4 Å². The Balaban J connectivity index is 2.05. The van der Waals surface area contributed by atoms with Crippen molar-refractivity contribution >= 4 is 11.9 Å². The zero-order chi connectivity index (χ0) is 21.1. The number of alkyl halides is 3. The van der Waals surface area contributed by atoms with Gasteiger partial charge in [-0.25, -0.2) is 9.59 Å². The molecule has 0 spiro atoms. The maximum absolute atomic E-state index is 14.4. The summed E-state index contributed by atoms with van der Waals surface area (Å²) in [4.78, 5) is 23.5. The number of hydrogen-bond acceptors (Lipinski definition) is 9. The fourth-order valence-corrected chi connectivity index (χ4v) is 3.53. The van der Waals surface area contributed by atoms with Crippen LogP contribution >= 0.6 is 0 Å². The van der Waals surface area contributed by atoms with Gasteiger partial charge in [-0.1, -0.05) is 0 Å². The van der Waals surface area contributed by atoms with Crippen LogP contribution in [0, 0.1) is 0 Å². The zero-order valence-corrected chi connectivity index (χ0v) is 15.8. The third-order valence-corrected chi connectivity index (χ3v) is 4.61. The summed E-state index contributed by atoms with van der Waals surface area (Å²) in [6.07, 6.45) is -11.8. The van der Waals surface area contributed by atoms with Gasteiger partial charge in [0.15, 0.2) is 24.0 Å². The molecule has 5 atom stereocenters. The van der Waals surface area contributed by atoms with Crippen molar-refractivity contribution in [2.24, 2.45) is 0 Å². The molecule has 0 saturated carbocycles. The highest BCUT2D eigenvalue weighted by atomic mass is 19.4. The second-order valence-corrected chi connectivity index (χ2v) is 7.52. The number of methoxy groups -OCH3 is 1. The first-order valence-corrected chi connectivity index (χ1v) is 8.43. The summed E-state index contributed by atoms with van der Waals surface area (Å²) in [7, 11) is 0.837. The number of rotatable bonds is 2. The van der Waals surface area contributed by atoms with Gasteiger partial charge in [-0.05, 0) is 27.7 Å². The van der Waals surface area contributed by atoms with Crippen molar-refractivity contribution in [2.45, 2.75) is 75.6 Å². The van der Waals surface area contributed by atoms with E-state index in [0.29, 0.717) is 0 Å². The van der Waals surface area contributed by atoms with Gasteiger partial charge in [-0.15, -0.1) is 0 Å². The second-order valence-electron chi connectivity index (χ2n) is 7.52. The average molecular weight is 414 g/mol. The third-order valence-electron chi connectivity index (χ3n) is 4.61. The van der Waals surface area contributed by atoms with Crippen molar-refractivity contribution in [2.75, 3.05) is 13.7 Å². The summed E-state index contributed by atoms with van der Waals surface area (Å²) in [6, 6.07) is 0. The molecule has 0 aromatic heterocycles. The van der Waals surface area contributed by atoms with Gasteiger partial charge in [0.1, 0.15) is 12.2 Å². The van der Waals surface area contributed by atoms with E-state index < -0.39 is 59.9 Å². The summed E-state index contributed by atoms with van der Waals surface area (Å²) in [5.41, 5.74) is -3.38. The SMILES string of the molecule is COC(=O)C(=O)O[C@]1(C(F)(F)F)[C@@H]([C@H]2COC(C)(C)O2)O[C@@H]2OC(C)(C)O[C@@H]21. The first-order valence-electron chi connectivity index (χ1n) is 8.43. The largest absolute Gasteiger partial charge is 0.461 e. The summed E-state index contributed by atoms with van der Waals surface area (Å²) in [5.74, 6) is -6.08. The van der Waals surface area contributed by atoms with Gasteiger partial charge in [-0.2, -0.15) is 13.2 Å². The summed E-state index contributed by atoms with van der Waals surface area (Å²) >= 11 is 0. The normalized spacial score (nSPS) is 38.9. The van der Waals surface area contributed by atoms with Gasteiger partial charge in [-0.3, -0.25) is 0 Å². The number of fused-ring (bicyclic) bond motifs is 1. The van der Waals surface area contributed by atoms with Gasteiger partial charge in [0.25, 0.3) is 5.60 Å². The van der Waals surface area contributed by atoms with Crippen molar-refractivity contribution < 1.29 is 55.9 Å². The molecule has 0 aliphatic carbocycles. The van der Waals surface area contributed by atoms with Crippen LogP contribution in [0.5, 0.6) is 0 Å². The maximum Gasteiger partial charge on any atom is 0.433 e. The lowest BCUT2D eigenvalue weighted by Crippen LogP contribution is -2.65. The molecule has 0 aromatic rings. The van der Waals surface area contributed by atoms with Crippen molar-refractivity contribution in [3.05, 3.63) is 0 Å². The van der Waals surface area contributed by atoms with Crippen LogP contribution in [0.3, 0.4) is 0 Å². The molecule has 12 heteroatoms. The topological polar surface area (TPSA) is 98.8 Å². The molecule has 0 bridgehead atoms. The molecule has 160 valence electrons. The smallest absolute Gasteiger partial charge is 0.433 e. The van der Waals surface area contributed by atoms with E-state index >= 15 is 0 Å². The van der Waals surface area contributed by atoms with E-state index in [0.717, 1.165) is 7.11 Å². The molecule has 3 saturated heterocycles. The Morgan fingerprint density at radius 2 is 1.61 bits per heavy atom. The Morgan fingerprint density at radius 1 is 0.964 bits per heavy atom. The Hall–Kier alpha value is -1.47. The Bertz CT molecular complexity index is 662. The number of esters is 2. The van der Waals surface area contributed by atoms with Crippen LogP contribution in [0.2, 0.25) is 0 Å². The van der Waals surface area contributed by atoms with E-state index in [-0.39, 0.29) is 6.61 Å². The standard InChI is InChI=1S/C16H21F3O9/c1-13(2)23-6-7(25-13)8-15(16(17,18)19,27-11(21)10(20)22-5)9-12(24-8)28-14(3,4)26-9/h7-9,12H,6H2,1-5H3/t7-,8-,9+,12-,15-/m1/s1. The highest BCUT2D eigenvalue weighted by Gasteiger charge is 2.79. The molecule has 0 aromatic carbocycles. The Kier molecular flexibility index (Phi) is 4.95. The fourth-order valence-electron chi connectivity index (χ4n) is 3.53. The van der Waals surface area contributed by atoms with Gasteiger partial charge in [0.05, 0.1) is 13.7 Å². The summed E-state index contributed by atoms with van der Waals surface area (Å²) in [6.45, 7) is 5.51. The number of carbonyl (C=O) groups is 2. The molecule has 3 rings (SSSR count). The van der Waals surface area contributed by atoms with E-state index in [1.165, 1.54) is 27.7 Å². The predicted molar refractivity (Wildman–Crippen MR) is 80.5 cm³/mol. The van der Waals surface area contributed by atoms with Gasteiger partial charge >= 0.3 is 18.1 Å². The van der Waals surface area contributed by atoms with Crippen molar-refractivity contribution in [1.29, 1.82) is 0 Å². The monoisotopic (exact) mass is 414 g/mol. The van der Waals surface area contributed by atoms with E-state index in [1.54, 1.807) is 0 Å². The lowest BCUT2D eigenvalue weighted by Gasteiger charge is -2.39. The highest BCUT2D eigenvalue weighted by Crippen LogP contribution is 2.54. The van der Waals surface area contributed by atoms with E-state index in [1.807, 2.05) is 0 Å². The molecule has 3 aliphatic rings. The number of hydrogen-bond donors (Lipinski definition) is 0. The molecule has 3 fully saturated rings. The highest BCUT2D eigenvalue weighted by molar-refractivity contribution is 6.29. The molecular formula is C16H21F3O9. The van der Waals surface area contributed by atoms with Crippen LogP contribution < -0.4 is 0 Å². The lowest BCUT2D eigenvalue weighted by atomic mass is 9.88. The minimum Gasteiger partial charge on any atom is -0.461 e. The van der Waals surface area contributed by atoms with Gasteiger partial charge in [0.2, 0.25) is 0 Å². The second kappa shape index (κ2) is 6.52. The molecule has 3 heterocycles. The fraction of sp³-hybridized carbons (Fsp3) is 0.875. The number of halogens is 3.